The molecule has 27 heavy (non-hydrogen) atoms. The van der Waals surface area contributed by atoms with Crippen LogP contribution in [0.15, 0.2) is 59.5 Å². The molecular formula is C20H23NO5S. The summed E-state index contributed by atoms with van der Waals surface area (Å²) in [5.41, 5.74) is 1.50. The van der Waals surface area contributed by atoms with Crippen LogP contribution in [0.25, 0.3) is 0 Å². The number of carbonyl (C=O) groups excluding carboxylic acids is 1. The van der Waals surface area contributed by atoms with E-state index in [2.05, 4.69) is 5.32 Å². The van der Waals surface area contributed by atoms with E-state index >= 15 is 0 Å². The average Bonchev–Trinajstić information content (AvgIpc) is 2.63. The van der Waals surface area contributed by atoms with Gasteiger partial charge in [-0.05, 0) is 36.1 Å². The van der Waals surface area contributed by atoms with Crippen molar-refractivity contribution in [2.75, 3.05) is 6.26 Å². The van der Waals surface area contributed by atoms with E-state index in [0.717, 1.165) is 11.8 Å². The maximum Gasteiger partial charge on any atom is 0.303 e. The normalized spacial score (nSPS) is 12.3. The minimum atomic E-state index is -3.36. The molecule has 0 aliphatic heterocycles. The molecule has 2 rings (SSSR count). The van der Waals surface area contributed by atoms with Crippen LogP contribution in [0.4, 0.5) is 0 Å². The minimum absolute atomic E-state index is 0.0335. The highest BCUT2D eigenvalue weighted by atomic mass is 32.2. The molecule has 0 saturated heterocycles. The summed E-state index contributed by atoms with van der Waals surface area (Å²) < 4.78 is 23.7. The van der Waals surface area contributed by atoms with Crippen LogP contribution < -0.4 is 5.32 Å². The van der Waals surface area contributed by atoms with Crippen molar-refractivity contribution in [1.82, 2.24) is 5.32 Å². The van der Waals surface area contributed by atoms with Crippen LogP contribution in [0.5, 0.6) is 0 Å². The molecule has 7 heteroatoms. The largest absolute Gasteiger partial charge is 0.481 e. The molecule has 1 amide bonds. The summed E-state index contributed by atoms with van der Waals surface area (Å²) in [5.74, 6) is -1.09. The Morgan fingerprint density at radius 2 is 1.59 bits per heavy atom. The standard InChI is InChI=1S/C20H23NO5S/c1-27(25,26)17-11-7-10-16(14-17)20(15-8-3-2-4-9-15)21-18(22)12-5-6-13-19(23)24/h2-4,7-11,14,20H,5-6,12-13H2,1H3,(H,21,22)(H,23,24). The van der Waals surface area contributed by atoms with Crippen molar-refractivity contribution < 1.29 is 23.1 Å². The molecule has 1 unspecified atom stereocenters. The number of unbranched alkanes of at least 4 members (excludes halogenated alkanes) is 1. The summed E-state index contributed by atoms with van der Waals surface area (Å²) >= 11 is 0. The summed E-state index contributed by atoms with van der Waals surface area (Å²) in [4.78, 5) is 23.1. The molecule has 0 aliphatic rings. The summed E-state index contributed by atoms with van der Waals surface area (Å²) in [7, 11) is -3.36. The molecular weight excluding hydrogens is 366 g/mol. The van der Waals surface area contributed by atoms with Crippen LogP contribution in [-0.2, 0) is 19.4 Å². The van der Waals surface area contributed by atoms with Gasteiger partial charge in [-0.1, -0.05) is 42.5 Å². The van der Waals surface area contributed by atoms with Gasteiger partial charge in [-0.2, -0.15) is 0 Å². The number of rotatable bonds is 9. The van der Waals surface area contributed by atoms with Gasteiger partial charge in [0.15, 0.2) is 9.84 Å². The first-order chi connectivity index (χ1) is 12.8. The van der Waals surface area contributed by atoms with Gasteiger partial charge < -0.3 is 10.4 Å². The van der Waals surface area contributed by atoms with E-state index in [1.807, 2.05) is 30.3 Å². The topological polar surface area (TPSA) is 101 Å². The SMILES string of the molecule is CS(=O)(=O)c1cccc(C(NC(=O)CCCCC(=O)O)c2ccccc2)c1. The van der Waals surface area contributed by atoms with E-state index in [1.165, 1.54) is 6.07 Å². The van der Waals surface area contributed by atoms with Crippen molar-refractivity contribution in [3.63, 3.8) is 0 Å². The third-order valence-electron chi connectivity index (χ3n) is 4.10. The predicted octanol–water partition coefficient (Wildman–Crippen LogP) is 2.94. The maximum absolute atomic E-state index is 12.3. The first-order valence-electron chi connectivity index (χ1n) is 8.63. The number of benzene rings is 2. The van der Waals surface area contributed by atoms with E-state index < -0.39 is 21.8 Å². The molecule has 0 saturated carbocycles. The van der Waals surface area contributed by atoms with Crippen molar-refractivity contribution in [1.29, 1.82) is 0 Å². The molecule has 2 aromatic rings. The lowest BCUT2D eigenvalue weighted by Crippen LogP contribution is -2.29. The molecule has 0 aromatic heterocycles. The number of nitrogens with one attached hydrogen (secondary N) is 1. The number of carboxylic acids is 1. The van der Waals surface area contributed by atoms with Crippen LogP contribution in [-0.4, -0.2) is 31.7 Å². The Labute approximate surface area is 159 Å². The highest BCUT2D eigenvalue weighted by Crippen LogP contribution is 2.24. The van der Waals surface area contributed by atoms with E-state index in [4.69, 9.17) is 5.11 Å². The smallest absolute Gasteiger partial charge is 0.303 e. The fourth-order valence-electron chi connectivity index (χ4n) is 2.72. The Balaban J connectivity index is 2.21. The van der Waals surface area contributed by atoms with Gasteiger partial charge in [0.2, 0.25) is 5.91 Å². The number of aliphatic carboxylic acids is 1. The van der Waals surface area contributed by atoms with Gasteiger partial charge in [0.25, 0.3) is 0 Å². The minimum Gasteiger partial charge on any atom is -0.481 e. The van der Waals surface area contributed by atoms with Crippen molar-refractivity contribution in [3.8, 4) is 0 Å². The Morgan fingerprint density at radius 3 is 2.22 bits per heavy atom. The van der Waals surface area contributed by atoms with E-state index in [9.17, 15) is 18.0 Å². The second kappa shape index (κ2) is 9.32. The van der Waals surface area contributed by atoms with Gasteiger partial charge in [-0.15, -0.1) is 0 Å². The summed E-state index contributed by atoms with van der Waals surface area (Å²) in [6.07, 6.45) is 2.30. The highest BCUT2D eigenvalue weighted by molar-refractivity contribution is 7.90. The number of sulfone groups is 1. The average molecular weight is 389 g/mol. The molecule has 0 bridgehead atoms. The van der Waals surface area contributed by atoms with Crippen LogP contribution in [0.2, 0.25) is 0 Å². The van der Waals surface area contributed by atoms with Gasteiger partial charge in [0, 0.05) is 19.1 Å². The molecule has 0 radical (unpaired) electrons. The van der Waals surface area contributed by atoms with Crippen molar-refractivity contribution in [3.05, 3.63) is 65.7 Å². The van der Waals surface area contributed by atoms with Crippen molar-refractivity contribution in [2.24, 2.45) is 0 Å². The van der Waals surface area contributed by atoms with Gasteiger partial charge in [-0.3, -0.25) is 9.59 Å². The first-order valence-corrected chi connectivity index (χ1v) is 10.5. The Hall–Kier alpha value is -2.67. The quantitative estimate of drug-likeness (QED) is 0.642. The first kappa shape index (κ1) is 20.6. The lowest BCUT2D eigenvalue weighted by Gasteiger charge is -2.20. The summed E-state index contributed by atoms with van der Waals surface area (Å²) in [5, 5.41) is 11.6. The molecule has 0 spiro atoms. The zero-order chi connectivity index (χ0) is 19.9. The second-order valence-corrected chi connectivity index (χ2v) is 8.37. The van der Waals surface area contributed by atoms with Crippen molar-refractivity contribution >= 4 is 21.7 Å². The Bertz CT molecular complexity index is 894. The maximum atomic E-state index is 12.3. The number of hydrogen-bond donors (Lipinski definition) is 2. The third kappa shape index (κ3) is 6.53. The van der Waals surface area contributed by atoms with Gasteiger partial charge in [0.1, 0.15) is 0 Å². The molecule has 144 valence electrons. The second-order valence-electron chi connectivity index (χ2n) is 6.36. The molecule has 0 fully saturated rings. The fraction of sp³-hybridized carbons (Fsp3) is 0.300. The molecule has 2 aromatic carbocycles. The Kier molecular flexibility index (Phi) is 7.12. The van der Waals surface area contributed by atoms with Gasteiger partial charge >= 0.3 is 5.97 Å². The number of carboxylic acid groups (broad SMARTS) is 1. The van der Waals surface area contributed by atoms with E-state index in [0.29, 0.717) is 18.4 Å². The monoisotopic (exact) mass is 389 g/mol. The Morgan fingerprint density at radius 1 is 0.963 bits per heavy atom. The summed E-state index contributed by atoms with van der Waals surface area (Å²) in [6, 6.07) is 15.3. The predicted molar refractivity (Wildman–Crippen MR) is 102 cm³/mol. The highest BCUT2D eigenvalue weighted by Gasteiger charge is 2.18. The van der Waals surface area contributed by atoms with Crippen LogP contribution in [0.3, 0.4) is 0 Å². The number of carbonyl (C=O) groups is 2. The molecule has 0 heterocycles. The molecule has 0 aliphatic carbocycles. The molecule has 6 nitrogen and oxygen atoms in total. The number of amides is 1. The zero-order valence-electron chi connectivity index (χ0n) is 15.1. The van der Waals surface area contributed by atoms with Crippen LogP contribution in [0, 0.1) is 0 Å². The van der Waals surface area contributed by atoms with Gasteiger partial charge in [0.05, 0.1) is 10.9 Å². The molecule has 2 N–H and O–H groups in total. The fourth-order valence-corrected chi connectivity index (χ4v) is 3.40. The third-order valence-corrected chi connectivity index (χ3v) is 5.21. The lowest BCUT2D eigenvalue weighted by molar-refractivity contribution is -0.137. The van der Waals surface area contributed by atoms with Crippen LogP contribution in [0.1, 0.15) is 42.9 Å². The van der Waals surface area contributed by atoms with Gasteiger partial charge in [-0.25, -0.2) is 8.42 Å². The molecule has 1 atom stereocenters. The zero-order valence-corrected chi connectivity index (χ0v) is 15.9. The number of hydrogen-bond acceptors (Lipinski definition) is 4. The van der Waals surface area contributed by atoms with E-state index in [-0.39, 0.29) is 23.6 Å². The van der Waals surface area contributed by atoms with Crippen LogP contribution >= 0.6 is 0 Å². The van der Waals surface area contributed by atoms with Crippen molar-refractivity contribution in [2.45, 2.75) is 36.6 Å². The van der Waals surface area contributed by atoms with E-state index in [1.54, 1.807) is 18.2 Å². The summed E-state index contributed by atoms with van der Waals surface area (Å²) in [6.45, 7) is 0. The lowest BCUT2D eigenvalue weighted by atomic mass is 9.98.